The summed E-state index contributed by atoms with van der Waals surface area (Å²) < 4.78 is 11.0. The first-order valence-electron chi connectivity index (χ1n) is 6.68. The van der Waals surface area contributed by atoms with Gasteiger partial charge in [-0.2, -0.15) is 0 Å². The van der Waals surface area contributed by atoms with Crippen LogP contribution in [-0.4, -0.2) is 18.2 Å². The normalized spacial score (nSPS) is 10.4. The van der Waals surface area contributed by atoms with E-state index in [0.29, 0.717) is 12.4 Å². The Morgan fingerprint density at radius 3 is 2.70 bits per heavy atom. The maximum atomic E-state index is 5.80. The van der Waals surface area contributed by atoms with E-state index in [0.717, 1.165) is 17.0 Å². The second-order valence-corrected chi connectivity index (χ2v) is 4.69. The maximum Gasteiger partial charge on any atom is 0.237 e. The summed E-state index contributed by atoms with van der Waals surface area (Å²) in [5.41, 5.74) is 1.97. The fourth-order valence-corrected chi connectivity index (χ4v) is 1.90. The molecule has 0 saturated heterocycles. The summed E-state index contributed by atoms with van der Waals surface area (Å²) in [5.74, 6) is 1.49. The Balaban J connectivity index is 2.11. The summed E-state index contributed by atoms with van der Waals surface area (Å²) in [6.45, 7) is 4.70. The molecule has 0 spiro atoms. The Labute approximate surface area is 119 Å². The Bertz CT molecular complexity index is 556. The van der Waals surface area contributed by atoms with E-state index in [9.17, 15) is 0 Å². The summed E-state index contributed by atoms with van der Waals surface area (Å²) >= 11 is 0. The van der Waals surface area contributed by atoms with Crippen LogP contribution in [0.1, 0.15) is 19.4 Å². The van der Waals surface area contributed by atoms with Crippen molar-refractivity contribution in [3.05, 3.63) is 48.2 Å². The second-order valence-electron chi connectivity index (χ2n) is 4.69. The van der Waals surface area contributed by atoms with E-state index in [1.807, 2.05) is 50.2 Å². The van der Waals surface area contributed by atoms with E-state index in [-0.39, 0.29) is 6.10 Å². The Hall–Kier alpha value is -2.23. The molecule has 0 fully saturated rings. The molecule has 0 saturated carbocycles. The second kappa shape index (κ2) is 6.80. The first kappa shape index (κ1) is 14.2. The molecule has 1 N–H and O–H groups in total. The quantitative estimate of drug-likeness (QED) is 0.874. The lowest BCUT2D eigenvalue weighted by Crippen LogP contribution is -2.09. The van der Waals surface area contributed by atoms with Crippen LogP contribution in [0.2, 0.25) is 0 Å². The topological polar surface area (TPSA) is 43.4 Å². The summed E-state index contributed by atoms with van der Waals surface area (Å²) in [7, 11) is 1.61. The fraction of sp³-hybridized carbons (Fsp3) is 0.312. The fourth-order valence-electron chi connectivity index (χ4n) is 1.90. The number of aromatic nitrogens is 1. The molecule has 0 aliphatic rings. The largest absolute Gasteiger partial charge is 0.491 e. The van der Waals surface area contributed by atoms with Crippen LogP contribution in [0.25, 0.3) is 0 Å². The van der Waals surface area contributed by atoms with Crippen molar-refractivity contribution >= 4 is 5.69 Å². The van der Waals surface area contributed by atoms with E-state index in [1.165, 1.54) is 0 Å². The molecule has 0 bridgehead atoms. The van der Waals surface area contributed by atoms with Crippen LogP contribution in [0.4, 0.5) is 5.69 Å². The first-order chi connectivity index (χ1) is 9.70. The number of nitrogens with one attached hydrogen (secondary N) is 1. The lowest BCUT2D eigenvalue weighted by atomic mass is 10.2. The van der Waals surface area contributed by atoms with Gasteiger partial charge in [-0.15, -0.1) is 0 Å². The van der Waals surface area contributed by atoms with Crippen LogP contribution in [-0.2, 0) is 6.54 Å². The van der Waals surface area contributed by atoms with Crippen LogP contribution in [0, 0.1) is 0 Å². The Kier molecular flexibility index (Phi) is 4.82. The summed E-state index contributed by atoms with van der Waals surface area (Å²) in [6.07, 6.45) is 1.86. The molecule has 0 radical (unpaired) electrons. The van der Waals surface area contributed by atoms with E-state index in [4.69, 9.17) is 9.47 Å². The summed E-state index contributed by atoms with van der Waals surface area (Å²) in [6, 6.07) is 11.8. The third kappa shape index (κ3) is 3.63. The zero-order valence-electron chi connectivity index (χ0n) is 12.1. The van der Waals surface area contributed by atoms with E-state index < -0.39 is 0 Å². The SMILES string of the molecule is COc1ncccc1NCc1ccccc1OC(C)C. The molecule has 2 rings (SSSR count). The third-order valence-corrected chi connectivity index (χ3v) is 2.77. The number of anilines is 1. The van der Waals surface area contributed by atoms with Gasteiger partial charge >= 0.3 is 0 Å². The van der Waals surface area contributed by atoms with Crippen LogP contribution < -0.4 is 14.8 Å². The van der Waals surface area contributed by atoms with Gasteiger partial charge in [0.15, 0.2) is 0 Å². The van der Waals surface area contributed by atoms with E-state index in [2.05, 4.69) is 10.3 Å². The van der Waals surface area contributed by atoms with Gasteiger partial charge < -0.3 is 14.8 Å². The van der Waals surface area contributed by atoms with Gasteiger partial charge in [0.25, 0.3) is 0 Å². The summed E-state index contributed by atoms with van der Waals surface area (Å²) in [4.78, 5) is 4.16. The first-order valence-corrected chi connectivity index (χ1v) is 6.68. The van der Waals surface area contributed by atoms with E-state index in [1.54, 1.807) is 13.3 Å². The van der Waals surface area contributed by atoms with Gasteiger partial charge in [-0.25, -0.2) is 4.98 Å². The van der Waals surface area contributed by atoms with Gasteiger partial charge in [0, 0.05) is 18.3 Å². The predicted octanol–water partition coefficient (Wildman–Crippen LogP) is 3.49. The molecule has 4 nitrogen and oxygen atoms in total. The van der Waals surface area contributed by atoms with Gasteiger partial charge in [0.05, 0.1) is 18.9 Å². The number of hydrogen-bond acceptors (Lipinski definition) is 4. The highest BCUT2D eigenvalue weighted by atomic mass is 16.5. The molecular weight excluding hydrogens is 252 g/mol. The highest BCUT2D eigenvalue weighted by molar-refractivity contribution is 5.52. The predicted molar refractivity (Wildman–Crippen MR) is 80.3 cm³/mol. The number of benzene rings is 1. The number of hydrogen-bond donors (Lipinski definition) is 1. The van der Waals surface area contributed by atoms with Gasteiger partial charge in [0.2, 0.25) is 5.88 Å². The van der Waals surface area contributed by atoms with Crippen molar-refractivity contribution in [2.24, 2.45) is 0 Å². The average Bonchev–Trinajstić information content (AvgIpc) is 2.46. The van der Waals surface area contributed by atoms with Crippen LogP contribution in [0.3, 0.4) is 0 Å². The molecule has 2 aromatic rings. The van der Waals surface area contributed by atoms with E-state index >= 15 is 0 Å². The molecule has 0 aliphatic heterocycles. The van der Waals surface area contributed by atoms with Crippen molar-refractivity contribution in [1.82, 2.24) is 4.98 Å². The number of pyridine rings is 1. The number of methoxy groups -OCH3 is 1. The van der Waals surface area contributed by atoms with Crippen LogP contribution in [0.5, 0.6) is 11.6 Å². The molecule has 106 valence electrons. The molecular formula is C16H20N2O2. The molecule has 0 atom stereocenters. The van der Waals surface area contributed by atoms with Crippen LogP contribution in [0.15, 0.2) is 42.6 Å². The van der Waals surface area contributed by atoms with Crippen molar-refractivity contribution in [3.8, 4) is 11.6 Å². The highest BCUT2D eigenvalue weighted by Crippen LogP contribution is 2.24. The molecule has 1 aromatic heterocycles. The Morgan fingerprint density at radius 1 is 1.15 bits per heavy atom. The number of rotatable bonds is 6. The van der Waals surface area contributed by atoms with Crippen molar-refractivity contribution < 1.29 is 9.47 Å². The van der Waals surface area contributed by atoms with Crippen LogP contribution >= 0.6 is 0 Å². The zero-order chi connectivity index (χ0) is 14.4. The number of nitrogens with zero attached hydrogens (tertiary/aromatic N) is 1. The minimum Gasteiger partial charge on any atom is -0.491 e. The standard InChI is InChI=1S/C16H20N2O2/c1-12(2)20-15-9-5-4-7-13(15)11-18-14-8-6-10-17-16(14)19-3/h4-10,12,18H,11H2,1-3H3. The van der Waals surface area contributed by atoms with Crippen molar-refractivity contribution in [2.75, 3.05) is 12.4 Å². The lowest BCUT2D eigenvalue weighted by molar-refractivity contribution is 0.240. The molecule has 1 aromatic carbocycles. The van der Waals surface area contributed by atoms with Crippen molar-refractivity contribution in [3.63, 3.8) is 0 Å². The molecule has 1 heterocycles. The van der Waals surface area contributed by atoms with Gasteiger partial charge in [-0.3, -0.25) is 0 Å². The highest BCUT2D eigenvalue weighted by Gasteiger charge is 2.07. The van der Waals surface area contributed by atoms with Gasteiger partial charge in [0.1, 0.15) is 5.75 Å². The molecule has 0 unspecified atom stereocenters. The third-order valence-electron chi connectivity index (χ3n) is 2.77. The molecule has 4 heteroatoms. The van der Waals surface area contributed by atoms with Gasteiger partial charge in [-0.1, -0.05) is 18.2 Å². The minimum atomic E-state index is 0.157. The molecule has 20 heavy (non-hydrogen) atoms. The average molecular weight is 272 g/mol. The summed E-state index contributed by atoms with van der Waals surface area (Å²) in [5, 5.41) is 3.33. The smallest absolute Gasteiger partial charge is 0.237 e. The molecule has 0 amide bonds. The van der Waals surface area contributed by atoms with Gasteiger partial charge in [-0.05, 0) is 32.0 Å². The maximum absolute atomic E-state index is 5.80. The van der Waals surface area contributed by atoms with Crippen molar-refractivity contribution in [1.29, 1.82) is 0 Å². The van der Waals surface area contributed by atoms with Crippen molar-refractivity contribution in [2.45, 2.75) is 26.5 Å². The zero-order valence-corrected chi connectivity index (χ0v) is 12.1. The number of para-hydroxylation sites is 1. The lowest BCUT2D eigenvalue weighted by Gasteiger charge is -2.15. The molecule has 0 aliphatic carbocycles. The monoisotopic (exact) mass is 272 g/mol. The Morgan fingerprint density at radius 2 is 1.95 bits per heavy atom. The number of ether oxygens (including phenoxy) is 2. The minimum absolute atomic E-state index is 0.157.